The summed E-state index contributed by atoms with van der Waals surface area (Å²) in [6.07, 6.45) is 1.87. The molecule has 1 aromatic carbocycles. The maximum absolute atomic E-state index is 11.6. The lowest BCUT2D eigenvalue weighted by atomic mass is 10.0. The molecule has 1 aromatic rings. The molecule has 1 amide bonds. The van der Waals surface area contributed by atoms with E-state index in [2.05, 4.69) is 25.2 Å². The third-order valence-electron chi connectivity index (χ3n) is 2.65. The van der Waals surface area contributed by atoms with Gasteiger partial charge in [0.2, 0.25) is 5.91 Å². The van der Waals surface area contributed by atoms with Gasteiger partial charge in [0.25, 0.3) is 0 Å². The molecule has 0 radical (unpaired) electrons. The maximum Gasteiger partial charge on any atom is 0.224 e. The Hall–Kier alpha value is -1.35. The Morgan fingerprint density at radius 3 is 2.76 bits per heavy atom. The Kier molecular flexibility index (Phi) is 5.70. The molecule has 0 unspecified atom stereocenters. The first-order valence-corrected chi connectivity index (χ1v) is 6.14. The first-order chi connectivity index (χ1) is 8.13. The molecule has 0 atom stereocenters. The molecule has 0 aromatic heterocycles. The van der Waals surface area contributed by atoms with E-state index in [1.165, 1.54) is 5.56 Å². The molecule has 0 spiro atoms. The molecule has 0 saturated carbocycles. The lowest BCUT2D eigenvalue weighted by Gasteiger charge is -2.09. The summed E-state index contributed by atoms with van der Waals surface area (Å²) in [5.74, 6) is 0.473. The van der Waals surface area contributed by atoms with Gasteiger partial charge in [0.1, 0.15) is 0 Å². The zero-order valence-corrected chi connectivity index (χ0v) is 10.6. The van der Waals surface area contributed by atoms with Crippen LogP contribution in [0.5, 0.6) is 0 Å². The van der Waals surface area contributed by atoms with Gasteiger partial charge in [0.15, 0.2) is 0 Å². The summed E-state index contributed by atoms with van der Waals surface area (Å²) >= 11 is 0. The molecule has 0 fully saturated rings. The van der Waals surface area contributed by atoms with Crippen molar-refractivity contribution in [3.63, 3.8) is 0 Å². The van der Waals surface area contributed by atoms with Gasteiger partial charge in [-0.1, -0.05) is 26.0 Å². The van der Waals surface area contributed by atoms with Gasteiger partial charge in [-0.25, -0.2) is 0 Å². The number of hydrogen-bond acceptors (Lipinski definition) is 2. The SMILES string of the molecule is CC(C)c1cccc(NC(=O)CCCCO)c1. The molecule has 0 aliphatic heterocycles. The van der Waals surface area contributed by atoms with Gasteiger partial charge in [-0.15, -0.1) is 0 Å². The maximum atomic E-state index is 11.6. The fourth-order valence-electron chi connectivity index (χ4n) is 1.60. The van der Waals surface area contributed by atoms with Gasteiger partial charge < -0.3 is 10.4 Å². The van der Waals surface area contributed by atoms with Crippen molar-refractivity contribution in [2.45, 2.75) is 39.0 Å². The van der Waals surface area contributed by atoms with E-state index >= 15 is 0 Å². The highest BCUT2D eigenvalue weighted by atomic mass is 16.2. The molecule has 0 aliphatic rings. The van der Waals surface area contributed by atoms with Gasteiger partial charge >= 0.3 is 0 Å². The molecule has 2 N–H and O–H groups in total. The quantitative estimate of drug-likeness (QED) is 0.745. The number of nitrogens with one attached hydrogen (secondary N) is 1. The average molecular weight is 235 g/mol. The van der Waals surface area contributed by atoms with Gasteiger partial charge in [0.05, 0.1) is 0 Å². The van der Waals surface area contributed by atoms with Gasteiger partial charge in [-0.3, -0.25) is 4.79 Å². The topological polar surface area (TPSA) is 49.3 Å². The minimum absolute atomic E-state index is 0.0133. The van der Waals surface area contributed by atoms with Crippen molar-refractivity contribution in [3.8, 4) is 0 Å². The number of amides is 1. The average Bonchev–Trinajstić information content (AvgIpc) is 2.29. The van der Waals surface area contributed by atoms with E-state index in [-0.39, 0.29) is 12.5 Å². The molecule has 3 nitrogen and oxygen atoms in total. The Labute approximate surface area is 103 Å². The third-order valence-corrected chi connectivity index (χ3v) is 2.65. The highest BCUT2D eigenvalue weighted by Crippen LogP contribution is 2.18. The normalized spacial score (nSPS) is 10.6. The van der Waals surface area contributed by atoms with Crippen molar-refractivity contribution in [2.75, 3.05) is 11.9 Å². The number of carbonyl (C=O) groups is 1. The summed E-state index contributed by atoms with van der Waals surface area (Å²) in [6.45, 7) is 4.40. The Bertz CT molecular complexity index is 361. The summed E-state index contributed by atoms with van der Waals surface area (Å²) in [7, 11) is 0. The summed E-state index contributed by atoms with van der Waals surface area (Å²) < 4.78 is 0. The number of hydrogen-bond donors (Lipinski definition) is 2. The number of benzene rings is 1. The van der Waals surface area contributed by atoms with E-state index in [0.717, 1.165) is 12.1 Å². The molecule has 0 aliphatic carbocycles. The first kappa shape index (κ1) is 13.7. The second kappa shape index (κ2) is 7.07. The van der Waals surface area contributed by atoms with E-state index in [4.69, 9.17) is 5.11 Å². The fourth-order valence-corrected chi connectivity index (χ4v) is 1.60. The summed E-state index contributed by atoms with van der Waals surface area (Å²) in [5, 5.41) is 11.5. The summed E-state index contributed by atoms with van der Waals surface area (Å²) in [5.41, 5.74) is 2.07. The van der Waals surface area contributed by atoms with Crippen molar-refractivity contribution in [2.24, 2.45) is 0 Å². The lowest BCUT2D eigenvalue weighted by molar-refractivity contribution is -0.116. The van der Waals surface area contributed by atoms with Crippen LogP contribution in [0.25, 0.3) is 0 Å². The zero-order chi connectivity index (χ0) is 12.7. The predicted molar refractivity (Wildman–Crippen MR) is 70.1 cm³/mol. The summed E-state index contributed by atoms with van der Waals surface area (Å²) in [4.78, 5) is 11.6. The highest BCUT2D eigenvalue weighted by molar-refractivity contribution is 5.90. The second-order valence-electron chi connectivity index (χ2n) is 4.51. The van der Waals surface area contributed by atoms with Crippen molar-refractivity contribution < 1.29 is 9.90 Å². The third kappa shape index (κ3) is 5.00. The Morgan fingerprint density at radius 2 is 2.12 bits per heavy atom. The molecular formula is C14H21NO2. The number of carbonyl (C=O) groups excluding carboxylic acids is 1. The van der Waals surface area contributed by atoms with Crippen LogP contribution in [0.2, 0.25) is 0 Å². The summed E-state index contributed by atoms with van der Waals surface area (Å²) in [6, 6.07) is 7.93. The first-order valence-electron chi connectivity index (χ1n) is 6.14. The van der Waals surface area contributed by atoms with Crippen molar-refractivity contribution in [1.29, 1.82) is 0 Å². The molecule has 0 bridgehead atoms. The van der Waals surface area contributed by atoms with Crippen LogP contribution in [0.15, 0.2) is 24.3 Å². The van der Waals surface area contributed by atoms with Crippen LogP contribution in [0.1, 0.15) is 44.6 Å². The van der Waals surface area contributed by atoms with Crippen molar-refractivity contribution in [1.82, 2.24) is 0 Å². The molecular weight excluding hydrogens is 214 g/mol. The van der Waals surface area contributed by atoms with E-state index in [1.807, 2.05) is 18.2 Å². The monoisotopic (exact) mass is 235 g/mol. The standard InChI is InChI=1S/C14H21NO2/c1-11(2)12-6-5-7-13(10-12)15-14(17)8-3-4-9-16/h5-7,10-11,16H,3-4,8-9H2,1-2H3,(H,15,17). The zero-order valence-electron chi connectivity index (χ0n) is 10.6. The van der Waals surface area contributed by atoms with Crippen LogP contribution in [-0.4, -0.2) is 17.6 Å². The molecule has 0 saturated heterocycles. The van der Waals surface area contributed by atoms with Crippen LogP contribution < -0.4 is 5.32 Å². The van der Waals surface area contributed by atoms with Crippen molar-refractivity contribution in [3.05, 3.63) is 29.8 Å². The van der Waals surface area contributed by atoms with Crippen LogP contribution in [0.3, 0.4) is 0 Å². The van der Waals surface area contributed by atoms with Crippen LogP contribution >= 0.6 is 0 Å². The molecule has 1 rings (SSSR count). The fraction of sp³-hybridized carbons (Fsp3) is 0.500. The Morgan fingerprint density at radius 1 is 1.35 bits per heavy atom. The number of anilines is 1. The van der Waals surface area contributed by atoms with Crippen LogP contribution in [0, 0.1) is 0 Å². The molecule has 17 heavy (non-hydrogen) atoms. The largest absolute Gasteiger partial charge is 0.396 e. The minimum Gasteiger partial charge on any atom is -0.396 e. The van der Waals surface area contributed by atoms with E-state index in [1.54, 1.807) is 0 Å². The number of aliphatic hydroxyl groups excluding tert-OH is 1. The lowest BCUT2D eigenvalue weighted by Crippen LogP contribution is -2.11. The number of aliphatic hydroxyl groups is 1. The van der Waals surface area contributed by atoms with Gasteiger partial charge in [-0.2, -0.15) is 0 Å². The van der Waals surface area contributed by atoms with E-state index in [9.17, 15) is 4.79 Å². The molecule has 0 heterocycles. The number of unbranched alkanes of at least 4 members (excludes halogenated alkanes) is 1. The minimum atomic E-state index is 0.0133. The van der Waals surface area contributed by atoms with E-state index in [0.29, 0.717) is 18.8 Å². The molecule has 94 valence electrons. The highest BCUT2D eigenvalue weighted by Gasteiger charge is 2.04. The smallest absolute Gasteiger partial charge is 0.224 e. The second-order valence-corrected chi connectivity index (χ2v) is 4.51. The van der Waals surface area contributed by atoms with Crippen molar-refractivity contribution >= 4 is 11.6 Å². The predicted octanol–water partition coefficient (Wildman–Crippen LogP) is 2.91. The van der Waals surface area contributed by atoms with Crippen LogP contribution in [0.4, 0.5) is 5.69 Å². The van der Waals surface area contributed by atoms with E-state index < -0.39 is 0 Å². The number of rotatable bonds is 6. The molecule has 3 heteroatoms. The van der Waals surface area contributed by atoms with Crippen LogP contribution in [-0.2, 0) is 4.79 Å². The van der Waals surface area contributed by atoms with Gasteiger partial charge in [-0.05, 0) is 36.5 Å². The van der Waals surface area contributed by atoms with Gasteiger partial charge in [0, 0.05) is 18.7 Å². The Balaban J connectivity index is 2.50.